The van der Waals surface area contributed by atoms with Crippen LogP contribution in [-0.2, 0) is 19.5 Å². The molecular formula is C14H10N2O9S2. The molecule has 142 valence electrons. The van der Waals surface area contributed by atoms with E-state index in [4.69, 9.17) is 16.7 Å². The number of carbonyl (C=O) groups excluding carboxylic acids is 2. The average molecular weight is 414 g/mol. The van der Waals surface area contributed by atoms with E-state index in [9.17, 15) is 27.7 Å². The number of nitrogen functional groups attached to an aromatic ring is 2. The van der Waals surface area contributed by atoms with Crippen molar-refractivity contribution in [1.82, 2.24) is 0 Å². The summed E-state index contributed by atoms with van der Waals surface area (Å²) < 4.78 is 36.3. The van der Waals surface area contributed by atoms with Crippen molar-refractivity contribution < 1.29 is 42.3 Å². The lowest BCUT2D eigenvalue weighted by Crippen LogP contribution is -2.25. The molecule has 1 aliphatic carbocycles. The van der Waals surface area contributed by atoms with Gasteiger partial charge in [-0.3, -0.25) is 14.1 Å². The van der Waals surface area contributed by atoms with E-state index in [1.165, 1.54) is 12.1 Å². The zero-order valence-electron chi connectivity index (χ0n) is 13.0. The summed E-state index contributed by atoms with van der Waals surface area (Å²) in [5.74, 6) is -2.88. The van der Waals surface area contributed by atoms with Gasteiger partial charge in [0.25, 0.3) is 10.1 Å². The fourth-order valence-corrected chi connectivity index (χ4v) is 3.83. The molecule has 13 heteroatoms. The largest absolute Gasteiger partial charge is 0.506 e. The SMILES string of the molecule is Nc1cc(SOOO)cc2c1C(=O)c1c(O)c(S(=O)(=O)O)cc(N)c1C2=O. The fourth-order valence-electron chi connectivity index (χ4n) is 2.76. The van der Waals surface area contributed by atoms with Gasteiger partial charge < -0.3 is 16.6 Å². The molecule has 7 N–H and O–H groups in total. The van der Waals surface area contributed by atoms with E-state index < -0.39 is 49.1 Å². The summed E-state index contributed by atoms with van der Waals surface area (Å²) in [6.45, 7) is 0. The van der Waals surface area contributed by atoms with Crippen molar-refractivity contribution in [3.8, 4) is 5.75 Å². The Bertz CT molecular complexity index is 1110. The smallest absolute Gasteiger partial charge is 0.298 e. The van der Waals surface area contributed by atoms with E-state index >= 15 is 0 Å². The number of anilines is 2. The molecule has 1 aliphatic rings. The van der Waals surface area contributed by atoms with Crippen LogP contribution in [0.25, 0.3) is 0 Å². The molecule has 0 radical (unpaired) electrons. The lowest BCUT2D eigenvalue weighted by Gasteiger charge is -2.22. The van der Waals surface area contributed by atoms with Gasteiger partial charge in [-0.2, -0.15) is 8.42 Å². The molecule has 0 atom stereocenters. The van der Waals surface area contributed by atoms with Crippen molar-refractivity contribution in [2.24, 2.45) is 0 Å². The van der Waals surface area contributed by atoms with Crippen molar-refractivity contribution in [1.29, 1.82) is 0 Å². The Morgan fingerprint density at radius 3 is 2.19 bits per heavy atom. The van der Waals surface area contributed by atoms with Crippen molar-refractivity contribution in [3.63, 3.8) is 0 Å². The van der Waals surface area contributed by atoms with Gasteiger partial charge in [-0.05, 0) is 18.2 Å². The normalized spacial score (nSPS) is 13.4. The highest BCUT2D eigenvalue weighted by atomic mass is 32.2. The highest BCUT2D eigenvalue weighted by Gasteiger charge is 2.38. The minimum absolute atomic E-state index is 0.178. The Morgan fingerprint density at radius 2 is 1.59 bits per heavy atom. The molecule has 0 aliphatic heterocycles. The molecule has 0 saturated heterocycles. The maximum absolute atomic E-state index is 12.8. The van der Waals surface area contributed by atoms with Crippen molar-refractivity contribution in [3.05, 3.63) is 40.5 Å². The van der Waals surface area contributed by atoms with Crippen molar-refractivity contribution in [2.75, 3.05) is 11.5 Å². The molecule has 0 fully saturated rings. The van der Waals surface area contributed by atoms with Crippen LogP contribution in [0.1, 0.15) is 31.8 Å². The topological polar surface area (TPSA) is 199 Å². The van der Waals surface area contributed by atoms with Gasteiger partial charge in [0, 0.05) is 21.8 Å². The van der Waals surface area contributed by atoms with Crippen LogP contribution in [0.5, 0.6) is 5.75 Å². The molecule has 0 amide bonds. The summed E-state index contributed by atoms with van der Waals surface area (Å²) in [6, 6.07) is 3.11. The van der Waals surface area contributed by atoms with Crippen LogP contribution in [0.4, 0.5) is 11.4 Å². The first-order valence-corrected chi connectivity index (χ1v) is 9.06. The van der Waals surface area contributed by atoms with Gasteiger partial charge in [-0.25, -0.2) is 5.26 Å². The summed E-state index contributed by atoms with van der Waals surface area (Å²) >= 11 is 0.496. The van der Waals surface area contributed by atoms with E-state index in [1.54, 1.807) is 0 Å². The van der Waals surface area contributed by atoms with Crippen LogP contribution in [0.3, 0.4) is 0 Å². The molecule has 0 heterocycles. The lowest BCUT2D eigenvalue weighted by molar-refractivity contribution is -0.432. The van der Waals surface area contributed by atoms with E-state index in [0.29, 0.717) is 18.1 Å². The van der Waals surface area contributed by atoms with Crippen LogP contribution >= 0.6 is 12.0 Å². The number of ketones is 2. The highest BCUT2D eigenvalue weighted by molar-refractivity contribution is 7.94. The first kappa shape index (κ1) is 19.1. The number of hydrogen-bond donors (Lipinski definition) is 5. The Morgan fingerprint density at radius 1 is 0.963 bits per heavy atom. The molecular weight excluding hydrogens is 404 g/mol. The van der Waals surface area contributed by atoms with Crippen LogP contribution in [-0.4, -0.2) is 34.9 Å². The number of phenols is 1. The number of benzene rings is 2. The zero-order chi connectivity index (χ0) is 20.1. The van der Waals surface area contributed by atoms with Crippen LogP contribution in [0.2, 0.25) is 0 Å². The predicted molar refractivity (Wildman–Crippen MR) is 90.7 cm³/mol. The summed E-state index contributed by atoms with van der Waals surface area (Å²) in [6.07, 6.45) is 0. The van der Waals surface area contributed by atoms with Gasteiger partial charge in [-0.1, -0.05) is 5.04 Å². The molecule has 0 spiro atoms. The molecule has 0 bridgehead atoms. The van der Waals surface area contributed by atoms with Crippen LogP contribution in [0.15, 0.2) is 28.0 Å². The summed E-state index contributed by atoms with van der Waals surface area (Å²) in [5, 5.41) is 21.9. The third-order valence-corrected chi connectivity index (χ3v) is 5.23. The molecule has 11 nitrogen and oxygen atoms in total. The Hall–Kier alpha value is -2.68. The van der Waals surface area contributed by atoms with Gasteiger partial charge in [0.05, 0.1) is 28.7 Å². The van der Waals surface area contributed by atoms with Crippen molar-refractivity contribution in [2.45, 2.75) is 9.79 Å². The number of fused-ring (bicyclic) bond motifs is 2. The van der Waals surface area contributed by atoms with E-state index in [0.717, 1.165) is 0 Å². The first-order chi connectivity index (χ1) is 12.6. The molecule has 2 aromatic carbocycles. The monoisotopic (exact) mass is 414 g/mol. The van der Waals surface area contributed by atoms with E-state index in [1.807, 2.05) is 0 Å². The third kappa shape index (κ3) is 3.01. The maximum atomic E-state index is 12.8. The quantitative estimate of drug-likeness (QED) is 0.101. The molecule has 0 saturated carbocycles. The minimum Gasteiger partial charge on any atom is -0.506 e. The summed E-state index contributed by atoms with van der Waals surface area (Å²) in [7, 11) is -4.92. The van der Waals surface area contributed by atoms with E-state index in [2.05, 4.69) is 9.37 Å². The van der Waals surface area contributed by atoms with Crippen molar-refractivity contribution >= 4 is 45.1 Å². The van der Waals surface area contributed by atoms with Gasteiger partial charge in [-0.15, -0.1) is 4.33 Å². The molecule has 0 aromatic heterocycles. The number of nitrogens with two attached hydrogens (primary N) is 2. The average Bonchev–Trinajstić information content (AvgIpc) is 2.57. The Balaban J connectivity index is 2.30. The summed E-state index contributed by atoms with van der Waals surface area (Å²) in [5.41, 5.74) is 9.31. The lowest BCUT2D eigenvalue weighted by atomic mass is 9.82. The number of hydrogen-bond acceptors (Lipinski definition) is 11. The Labute approximate surface area is 155 Å². The van der Waals surface area contributed by atoms with Crippen LogP contribution in [0, 0.1) is 0 Å². The second kappa shape index (κ2) is 6.49. The predicted octanol–water partition coefficient (Wildman–Crippen LogP) is 1.01. The molecule has 3 rings (SSSR count). The third-order valence-electron chi connectivity index (χ3n) is 3.80. The minimum atomic E-state index is -4.92. The van der Waals surface area contributed by atoms with Gasteiger partial charge in [0.2, 0.25) is 0 Å². The second-order valence-electron chi connectivity index (χ2n) is 5.36. The fraction of sp³-hybridized carbons (Fsp3) is 0. The Kier molecular flexibility index (Phi) is 4.59. The second-order valence-corrected chi connectivity index (χ2v) is 7.52. The molecule has 27 heavy (non-hydrogen) atoms. The first-order valence-electron chi connectivity index (χ1n) is 6.88. The standard InChI is InChI=1S/C14H10N2O9S2/c15-6-2-4(26-25-24-20)1-5-9(6)14(19)11-10(12(5)17)7(16)3-8(13(11)18)27(21,22)23/h1-3,18,20H,15-16H2,(H,21,22,23). The van der Waals surface area contributed by atoms with Gasteiger partial charge in [0.1, 0.15) is 10.6 Å². The maximum Gasteiger partial charge on any atom is 0.298 e. The van der Waals surface area contributed by atoms with Crippen LogP contribution < -0.4 is 11.5 Å². The number of phenolic OH excluding ortho intramolecular Hbond substituents is 1. The van der Waals surface area contributed by atoms with Gasteiger partial charge >= 0.3 is 0 Å². The van der Waals surface area contributed by atoms with E-state index in [-0.39, 0.29) is 21.7 Å². The zero-order valence-corrected chi connectivity index (χ0v) is 14.6. The highest BCUT2D eigenvalue weighted by Crippen LogP contribution is 2.42. The number of aromatic hydroxyl groups is 1. The summed E-state index contributed by atoms with van der Waals surface area (Å²) in [4.78, 5) is 24.8. The number of rotatable bonds is 4. The number of carbonyl (C=O) groups is 2. The van der Waals surface area contributed by atoms with Gasteiger partial charge in [0.15, 0.2) is 11.6 Å². The molecule has 2 aromatic rings. The molecule has 0 unspecified atom stereocenters.